The summed E-state index contributed by atoms with van der Waals surface area (Å²) in [5, 5.41) is 4.20. The number of aromatic nitrogens is 2. The molecule has 0 saturated heterocycles. The minimum atomic E-state index is -3.62. The smallest absolute Gasteiger partial charge is 0.271 e. The summed E-state index contributed by atoms with van der Waals surface area (Å²) in [5.41, 5.74) is 0.395. The van der Waals surface area contributed by atoms with Gasteiger partial charge in [0.05, 0.1) is 22.2 Å². The number of sulfonamides is 1. The van der Waals surface area contributed by atoms with Crippen LogP contribution in [0.2, 0.25) is 0 Å². The van der Waals surface area contributed by atoms with Crippen LogP contribution >= 0.6 is 27.3 Å². The first-order valence-corrected chi connectivity index (χ1v) is 10.8. The zero-order valence-electron chi connectivity index (χ0n) is 13.3. The maximum absolute atomic E-state index is 12.3. The van der Waals surface area contributed by atoms with Gasteiger partial charge in [-0.05, 0) is 40.2 Å². The molecule has 0 amide bonds. The van der Waals surface area contributed by atoms with Crippen molar-refractivity contribution >= 4 is 43.0 Å². The molecule has 0 spiro atoms. The summed E-state index contributed by atoms with van der Waals surface area (Å²) in [5.74, 6) is 1.42. The van der Waals surface area contributed by atoms with Gasteiger partial charge in [-0.25, -0.2) is 8.42 Å². The first-order valence-electron chi connectivity index (χ1n) is 7.69. The Bertz CT molecular complexity index is 1030. The number of benzene rings is 1. The lowest BCUT2D eigenvalue weighted by atomic mass is 10.2. The highest BCUT2D eigenvalue weighted by Gasteiger charge is 2.22. The highest BCUT2D eigenvalue weighted by molar-refractivity contribution is 9.11. The van der Waals surface area contributed by atoms with Gasteiger partial charge in [0.1, 0.15) is 10.8 Å². The van der Waals surface area contributed by atoms with Crippen LogP contribution in [-0.2, 0) is 16.6 Å². The average molecular weight is 456 g/mol. The quantitative estimate of drug-likeness (QED) is 0.637. The summed E-state index contributed by atoms with van der Waals surface area (Å²) >= 11 is 4.41. The summed E-state index contributed by atoms with van der Waals surface area (Å²) in [6.45, 7) is 0.849. The normalized spacial score (nSPS) is 16.4. The molecule has 0 saturated carbocycles. The maximum Gasteiger partial charge on any atom is 0.271 e. The van der Waals surface area contributed by atoms with E-state index in [0.717, 1.165) is 20.9 Å². The van der Waals surface area contributed by atoms with Gasteiger partial charge in [-0.2, -0.15) is 5.10 Å². The predicted molar refractivity (Wildman–Crippen MR) is 101 cm³/mol. The fraction of sp³-hybridized carbons (Fsp3) is 0.188. The largest absolute Gasteiger partial charge is 0.486 e. The van der Waals surface area contributed by atoms with E-state index >= 15 is 0 Å². The van der Waals surface area contributed by atoms with Gasteiger partial charge in [-0.1, -0.05) is 12.1 Å². The van der Waals surface area contributed by atoms with Crippen molar-refractivity contribution in [1.29, 1.82) is 0 Å². The van der Waals surface area contributed by atoms with Gasteiger partial charge in [0.15, 0.2) is 17.6 Å². The predicted octanol–water partition coefficient (Wildman–Crippen LogP) is 3.35. The number of rotatable bonds is 5. The summed E-state index contributed by atoms with van der Waals surface area (Å²) in [4.78, 5) is 0. The summed E-state index contributed by atoms with van der Waals surface area (Å²) in [6.07, 6.45) is 2.89. The molecule has 7 nitrogen and oxygen atoms in total. The third kappa shape index (κ3) is 3.71. The Kier molecular flexibility index (Phi) is 4.63. The van der Waals surface area contributed by atoms with Gasteiger partial charge in [0, 0.05) is 6.20 Å². The molecule has 3 heterocycles. The van der Waals surface area contributed by atoms with Crippen LogP contribution in [0.15, 0.2) is 56.8 Å². The molecule has 1 aromatic carbocycles. The number of ether oxygens (including phenoxy) is 2. The molecule has 10 heteroatoms. The lowest BCUT2D eigenvalue weighted by molar-refractivity contribution is 0.0759. The van der Waals surface area contributed by atoms with Crippen LogP contribution < -0.4 is 14.2 Å². The Hall–Kier alpha value is -2.04. The second kappa shape index (κ2) is 6.93. The van der Waals surface area contributed by atoms with Crippen LogP contribution in [0.5, 0.6) is 11.5 Å². The van der Waals surface area contributed by atoms with Gasteiger partial charge < -0.3 is 9.47 Å². The fourth-order valence-corrected chi connectivity index (χ4v) is 5.56. The van der Waals surface area contributed by atoms with Crippen molar-refractivity contribution in [2.75, 3.05) is 11.3 Å². The molecule has 1 aliphatic heterocycles. The van der Waals surface area contributed by atoms with E-state index in [0.29, 0.717) is 24.6 Å². The van der Waals surface area contributed by atoms with Crippen molar-refractivity contribution in [2.45, 2.75) is 16.9 Å². The van der Waals surface area contributed by atoms with Crippen molar-refractivity contribution in [2.24, 2.45) is 0 Å². The molecular formula is C16H14BrN3O4S2. The van der Waals surface area contributed by atoms with Crippen molar-refractivity contribution in [3.8, 4) is 11.5 Å². The molecule has 0 aliphatic carbocycles. The third-order valence-electron chi connectivity index (χ3n) is 3.66. The third-order valence-corrected chi connectivity index (χ3v) is 7.15. The molecule has 0 bridgehead atoms. The van der Waals surface area contributed by atoms with Crippen molar-refractivity contribution in [3.05, 3.63) is 52.6 Å². The van der Waals surface area contributed by atoms with Gasteiger partial charge in [0.2, 0.25) is 0 Å². The number of hydrogen-bond acceptors (Lipinski definition) is 6. The highest BCUT2D eigenvalue weighted by Crippen LogP contribution is 2.31. The number of halogens is 1. The Balaban J connectivity index is 1.42. The zero-order chi connectivity index (χ0) is 18.1. The average Bonchev–Trinajstić information content (AvgIpc) is 3.24. The van der Waals surface area contributed by atoms with Gasteiger partial charge in [-0.15, -0.1) is 11.3 Å². The van der Waals surface area contributed by atoms with E-state index in [1.807, 2.05) is 24.3 Å². The molecule has 2 aromatic heterocycles. The van der Waals surface area contributed by atoms with Gasteiger partial charge in [-0.3, -0.25) is 9.40 Å². The van der Waals surface area contributed by atoms with Crippen LogP contribution in [0.4, 0.5) is 5.69 Å². The van der Waals surface area contributed by atoms with Crippen LogP contribution in [0.3, 0.4) is 0 Å². The first-order chi connectivity index (χ1) is 12.5. The van der Waals surface area contributed by atoms with E-state index in [2.05, 4.69) is 25.8 Å². The van der Waals surface area contributed by atoms with Crippen LogP contribution in [0, 0.1) is 0 Å². The maximum atomic E-state index is 12.3. The Morgan fingerprint density at radius 1 is 1.27 bits per heavy atom. The molecule has 1 aliphatic rings. The van der Waals surface area contributed by atoms with Crippen molar-refractivity contribution in [1.82, 2.24) is 9.78 Å². The van der Waals surface area contributed by atoms with E-state index in [1.165, 1.54) is 6.20 Å². The van der Waals surface area contributed by atoms with E-state index < -0.39 is 10.0 Å². The molecule has 1 atom stereocenters. The van der Waals surface area contributed by atoms with Gasteiger partial charge >= 0.3 is 0 Å². The number of fused-ring (bicyclic) bond motifs is 1. The van der Waals surface area contributed by atoms with Gasteiger partial charge in [0.25, 0.3) is 10.0 Å². The van der Waals surface area contributed by atoms with Crippen molar-refractivity contribution in [3.63, 3.8) is 0 Å². The molecule has 0 radical (unpaired) electrons. The molecule has 1 N–H and O–H groups in total. The first kappa shape index (κ1) is 17.4. The van der Waals surface area contributed by atoms with E-state index in [9.17, 15) is 8.42 Å². The summed E-state index contributed by atoms with van der Waals surface area (Å²) in [6, 6.07) is 10.7. The minimum absolute atomic E-state index is 0.206. The monoisotopic (exact) mass is 455 g/mol. The SMILES string of the molecule is O=S(=O)(Nc1cnn(CC2COc3ccccc3O2)c1)c1ccc(Br)s1. The minimum Gasteiger partial charge on any atom is -0.486 e. The summed E-state index contributed by atoms with van der Waals surface area (Å²) in [7, 11) is -3.62. The Morgan fingerprint density at radius 2 is 2.08 bits per heavy atom. The molecule has 3 aromatic rings. The number of thiophene rings is 1. The molecular weight excluding hydrogens is 442 g/mol. The summed E-state index contributed by atoms with van der Waals surface area (Å²) < 4.78 is 41.4. The second-order valence-corrected chi connectivity index (χ2v) is 9.98. The Morgan fingerprint density at radius 3 is 2.85 bits per heavy atom. The number of nitrogens with zero attached hydrogens (tertiary/aromatic N) is 2. The van der Waals surface area contributed by atoms with Crippen LogP contribution in [0.25, 0.3) is 0 Å². The second-order valence-electron chi connectivity index (χ2n) is 5.61. The Labute approximate surface area is 162 Å². The zero-order valence-corrected chi connectivity index (χ0v) is 16.6. The number of para-hydroxylation sites is 2. The molecule has 136 valence electrons. The molecule has 26 heavy (non-hydrogen) atoms. The van der Waals surface area contributed by atoms with E-state index in [-0.39, 0.29) is 10.3 Å². The molecule has 1 unspecified atom stereocenters. The van der Waals surface area contributed by atoms with Crippen molar-refractivity contribution < 1.29 is 17.9 Å². The van der Waals surface area contributed by atoms with Crippen LogP contribution in [0.1, 0.15) is 0 Å². The standard InChI is InChI=1S/C16H14BrN3O4S2/c17-15-5-6-16(25-15)26(21,22)19-11-7-18-20(8-11)9-12-10-23-13-3-1-2-4-14(13)24-12/h1-8,12,19H,9-10H2. The fourth-order valence-electron chi connectivity index (χ4n) is 2.53. The molecule has 4 rings (SSSR count). The lowest BCUT2D eigenvalue weighted by Gasteiger charge is -2.26. The molecule has 0 fully saturated rings. The number of nitrogens with one attached hydrogen (secondary N) is 1. The van der Waals surface area contributed by atoms with Crippen LogP contribution in [-0.4, -0.2) is 30.9 Å². The highest BCUT2D eigenvalue weighted by atomic mass is 79.9. The van der Waals surface area contributed by atoms with E-state index in [4.69, 9.17) is 9.47 Å². The number of hydrogen-bond donors (Lipinski definition) is 1. The topological polar surface area (TPSA) is 82.5 Å². The van der Waals surface area contributed by atoms with E-state index in [1.54, 1.807) is 23.0 Å². The number of anilines is 1. The lowest BCUT2D eigenvalue weighted by Crippen LogP contribution is -2.33.